The summed E-state index contributed by atoms with van der Waals surface area (Å²) in [5.41, 5.74) is 0.492. The van der Waals surface area contributed by atoms with Crippen molar-refractivity contribution in [2.75, 3.05) is 32.8 Å². The second-order valence-electron chi connectivity index (χ2n) is 6.14. The van der Waals surface area contributed by atoms with Gasteiger partial charge in [-0.25, -0.2) is 12.8 Å². The molecule has 0 unspecified atom stereocenters. The third kappa shape index (κ3) is 4.30. The SMILES string of the molecule is N#Cc1ccc(OCC(=O)N2CCN(S(=O)(=O)c3ccccc3F)CC2)cc1. The zero-order valence-corrected chi connectivity index (χ0v) is 15.7. The first-order valence-corrected chi connectivity index (χ1v) is 10.0. The lowest BCUT2D eigenvalue weighted by atomic mass is 10.2. The van der Waals surface area contributed by atoms with E-state index in [9.17, 15) is 17.6 Å². The second-order valence-corrected chi connectivity index (χ2v) is 8.05. The summed E-state index contributed by atoms with van der Waals surface area (Å²) >= 11 is 0. The van der Waals surface area contributed by atoms with Gasteiger partial charge in [0.2, 0.25) is 10.0 Å². The quantitative estimate of drug-likeness (QED) is 0.757. The van der Waals surface area contributed by atoms with E-state index in [4.69, 9.17) is 10.00 Å². The van der Waals surface area contributed by atoms with Crippen LogP contribution in [0.3, 0.4) is 0 Å². The summed E-state index contributed by atoms with van der Waals surface area (Å²) < 4.78 is 45.6. The van der Waals surface area contributed by atoms with Gasteiger partial charge in [0.25, 0.3) is 5.91 Å². The van der Waals surface area contributed by atoms with Gasteiger partial charge in [-0.2, -0.15) is 9.57 Å². The first kappa shape index (κ1) is 19.8. The Balaban J connectivity index is 1.55. The van der Waals surface area contributed by atoms with Crippen molar-refractivity contribution in [3.05, 3.63) is 59.9 Å². The molecule has 1 aliphatic rings. The van der Waals surface area contributed by atoms with Crippen LogP contribution in [-0.2, 0) is 14.8 Å². The first-order valence-electron chi connectivity index (χ1n) is 8.57. The second kappa shape index (κ2) is 8.37. The van der Waals surface area contributed by atoms with Crippen LogP contribution in [0.5, 0.6) is 5.75 Å². The average molecular weight is 403 g/mol. The van der Waals surface area contributed by atoms with Crippen LogP contribution in [0.4, 0.5) is 4.39 Å². The molecule has 9 heteroatoms. The molecule has 1 saturated heterocycles. The molecule has 1 fully saturated rings. The normalized spacial score (nSPS) is 15.1. The Morgan fingerprint density at radius 3 is 2.32 bits per heavy atom. The standard InChI is InChI=1S/C19H18FN3O4S/c20-17-3-1-2-4-18(17)28(25,26)23-11-9-22(10-12-23)19(24)14-27-16-7-5-15(13-21)6-8-16/h1-8H,9-12,14H2. The van der Waals surface area contributed by atoms with Crippen molar-refractivity contribution in [3.63, 3.8) is 0 Å². The van der Waals surface area contributed by atoms with E-state index in [1.165, 1.54) is 27.4 Å². The number of sulfonamides is 1. The summed E-state index contributed by atoms with van der Waals surface area (Å²) in [5.74, 6) is -0.600. The van der Waals surface area contributed by atoms with Gasteiger partial charge in [0, 0.05) is 26.2 Å². The number of amides is 1. The van der Waals surface area contributed by atoms with Gasteiger partial charge in [-0.1, -0.05) is 12.1 Å². The lowest BCUT2D eigenvalue weighted by Crippen LogP contribution is -2.51. The van der Waals surface area contributed by atoms with Gasteiger partial charge in [0.15, 0.2) is 6.61 Å². The topological polar surface area (TPSA) is 90.7 Å². The maximum atomic E-state index is 13.8. The zero-order valence-electron chi connectivity index (χ0n) is 14.9. The van der Waals surface area contributed by atoms with Crippen molar-refractivity contribution in [1.82, 2.24) is 9.21 Å². The third-order valence-corrected chi connectivity index (χ3v) is 6.32. The number of carbonyl (C=O) groups is 1. The summed E-state index contributed by atoms with van der Waals surface area (Å²) in [4.78, 5) is 13.4. The lowest BCUT2D eigenvalue weighted by Gasteiger charge is -2.34. The van der Waals surface area contributed by atoms with E-state index < -0.39 is 15.8 Å². The molecule has 3 rings (SSSR count). The fraction of sp³-hybridized carbons (Fsp3) is 0.263. The molecule has 7 nitrogen and oxygen atoms in total. The van der Waals surface area contributed by atoms with Gasteiger partial charge in [-0.3, -0.25) is 4.79 Å². The summed E-state index contributed by atoms with van der Waals surface area (Å²) in [6.45, 7) is 0.372. The van der Waals surface area contributed by atoms with Crippen LogP contribution >= 0.6 is 0 Å². The third-order valence-electron chi connectivity index (χ3n) is 4.39. The smallest absolute Gasteiger partial charge is 0.260 e. The van der Waals surface area contributed by atoms with Gasteiger partial charge < -0.3 is 9.64 Å². The van der Waals surface area contributed by atoms with E-state index in [1.54, 1.807) is 24.3 Å². The molecule has 1 heterocycles. The molecular weight excluding hydrogens is 385 g/mol. The fourth-order valence-corrected chi connectivity index (χ4v) is 4.32. The van der Waals surface area contributed by atoms with Crippen LogP contribution < -0.4 is 4.74 Å². The number of rotatable bonds is 5. The van der Waals surface area contributed by atoms with Crippen molar-refractivity contribution in [2.45, 2.75) is 4.90 Å². The van der Waals surface area contributed by atoms with Crippen LogP contribution in [0.25, 0.3) is 0 Å². The largest absolute Gasteiger partial charge is 0.484 e. The van der Waals surface area contributed by atoms with E-state index in [1.807, 2.05) is 6.07 Å². The maximum absolute atomic E-state index is 13.8. The number of hydrogen-bond acceptors (Lipinski definition) is 5. The lowest BCUT2D eigenvalue weighted by molar-refractivity contribution is -0.134. The summed E-state index contributed by atoms with van der Waals surface area (Å²) in [6, 6.07) is 13.6. The van der Waals surface area contributed by atoms with Crippen molar-refractivity contribution in [2.24, 2.45) is 0 Å². The number of nitriles is 1. The van der Waals surface area contributed by atoms with Crippen molar-refractivity contribution < 1.29 is 22.3 Å². The highest BCUT2D eigenvalue weighted by Gasteiger charge is 2.31. The number of benzene rings is 2. The monoisotopic (exact) mass is 403 g/mol. The molecule has 0 spiro atoms. The molecule has 0 radical (unpaired) electrons. The molecule has 2 aromatic rings. The molecule has 146 valence electrons. The fourth-order valence-electron chi connectivity index (χ4n) is 2.83. The van der Waals surface area contributed by atoms with Crippen LogP contribution in [0, 0.1) is 17.1 Å². The minimum absolute atomic E-state index is 0.0826. The molecular formula is C19H18FN3O4S. The molecule has 0 bridgehead atoms. The Morgan fingerprint density at radius 2 is 1.71 bits per heavy atom. The van der Waals surface area contributed by atoms with Crippen LogP contribution in [0.2, 0.25) is 0 Å². The molecule has 1 aliphatic heterocycles. The average Bonchev–Trinajstić information content (AvgIpc) is 2.72. The number of carbonyl (C=O) groups excluding carboxylic acids is 1. The van der Waals surface area contributed by atoms with Crippen LogP contribution in [0.15, 0.2) is 53.4 Å². The molecule has 0 aromatic heterocycles. The summed E-state index contributed by atoms with van der Waals surface area (Å²) in [6.07, 6.45) is 0. The molecule has 0 aliphatic carbocycles. The van der Waals surface area contributed by atoms with E-state index in [-0.39, 0.29) is 43.6 Å². The number of ether oxygens (including phenoxy) is 1. The highest BCUT2D eigenvalue weighted by Crippen LogP contribution is 2.20. The molecule has 28 heavy (non-hydrogen) atoms. The number of hydrogen-bond donors (Lipinski definition) is 0. The molecule has 1 amide bonds. The minimum Gasteiger partial charge on any atom is -0.484 e. The van der Waals surface area contributed by atoms with Crippen LogP contribution in [0.1, 0.15) is 5.56 Å². The van der Waals surface area contributed by atoms with Gasteiger partial charge >= 0.3 is 0 Å². The Kier molecular flexibility index (Phi) is 5.92. The molecule has 2 aromatic carbocycles. The van der Waals surface area contributed by atoms with Gasteiger partial charge in [0.1, 0.15) is 16.5 Å². The van der Waals surface area contributed by atoms with E-state index in [0.717, 1.165) is 6.07 Å². The predicted octanol–water partition coefficient (Wildman–Crippen LogP) is 1.61. The van der Waals surface area contributed by atoms with E-state index in [2.05, 4.69) is 0 Å². The highest BCUT2D eigenvalue weighted by molar-refractivity contribution is 7.89. The summed E-state index contributed by atoms with van der Waals surface area (Å²) in [7, 11) is -3.94. The Morgan fingerprint density at radius 1 is 1.07 bits per heavy atom. The maximum Gasteiger partial charge on any atom is 0.260 e. The van der Waals surface area contributed by atoms with Gasteiger partial charge in [0.05, 0.1) is 11.6 Å². The molecule has 0 N–H and O–H groups in total. The number of piperazine rings is 1. The van der Waals surface area contributed by atoms with E-state index >= 15 is 0 Å². The highest BCUT2D eigenvalue weighted by atomic mass is 32.2. The Bertz CT molecular complexity index is 995. The minimum atomic E-state index is -3.94. The predicted molar refractivity (Wildman–Crippen MR) is 98.4 cm³/mol. The molecule has 0 saturated carbocycles. The number of nitrogens with zero attached hydrogens (tertiary/aromatic N) is 3. The van der Waals surface area contributed by atoms with Crippen LogP contribution in [-0.4, -0.2) is 56.3 Å². The van der Waals surface area contributed by atoms with Crippen molar-refractivity contribution in [3.8, 4) is 11.8 Å². The summed E-state index contributed by atoms with van der Waals surface area (Å²) in [5, 5.41) is 8.76. The van der Waals surface area contributed by atoms with Crippen molar-refractivity contribution in [1.29, 1.82) is 5.26 Å². The first-order chi connectivity index (χ1) is 13.4. The number of halogens is 1. The van der Waals surface area contributed by atoms with Crippen molar-refractivity contribution >= 4 is 15.9 Å². The zero-order chi connectivity index (χ0) is 20.1. The Labute approximate surface area is 162 Å². The molecule has 0 atom stereocenters. The van der Waals surface area contributed by atoms with Gasteiger partial charge in [-0.05, 0) is 36.4 Å². The van der Waals surface area contributed by atoms with Gasteiger partial charge in [-0.15, -0.1) is 0 Å². The van der Waals surface area contributed by atoms with E-state index in [0.29, 0.717) is 11.3 Å². The Hall–Kier alpha value is -2.96.